The van der Waals surface area contributed by atoms with Gasteiger partial charge in [-0.1, -0.05) is 36.4 Å². The van der Waals surface area contributed by atoms with Crippen LogP contribution in [0.4, 0.5) is 13.6 Å². The molecule has 0 aromatic heterocycles. The Morgan fingerprint density at radius 3 is 2.48 bits per heavy atom. The van der Waals surface area contributed by atoms with Gasteiger partial charge in [0, 0.05) is 19.5 Å². The Morgan fingerprint density at radius 2 is 1.81 bits per heavy atom. The molecule has 2 aliphatic heterocycles. The highest BCUT2D eigenvalue weighted by atomic mass is 19.2. The third-order valence-electron chi connectivity index (χ3n) is 5.76. The summed E-state index contributed by atoms with van der Waals surface area (Å²) in [6, 6.07) is 11.3. The Hall–Kier alpha value is -3.49. The van der Waals surface area contributed by atoms with Crippen LogP contribution in [0.3, 0.4) is 0 Å². The summed E-state index contributed by atoms with van der Waals surface area (Å²) in [4.78, 5) is 41.7. The molecule has 0 unspecified atom stereocenters. The zero-order valence-corrected chi connectivity index (χ0v) is 16.6. The summed E-state index contributed by atoms with van der Waals surface area (Å²) in [6.07, 6.45) is -1.65. The van der Waals surface area contributed by atoms with Gasteiger partial charge in [0.05, 0.1) is 6.54 Å². The fourth-order valence-corrected chi connectivity index (χ4v) is 4.21. The quantitative estimate of drug-likeness (QED) is 0.810. The molecule has 0 bridgehead atoms. The van der Waals surface area contributed by atoms with Crippen molar-refractivity contribution in [2.45, 2.75) is 25.0 Å². The predicted molar refractivity (Wildman–Crippen MR) is 106 cm³/mol. The average Bonchev–Trinajstić information content (AvgIpc) is 2.75. The van der Waals surface area contributed by atoms with E-state index in [2.05, 4.69) is 0 Å². The van der Waals surface area contributed by atoms with Gasteiger partial charge < -0.3 is 14.9 Å². The van der Waals surface area contributed by atoms with Crippen molar-refractivity contribution in [3.8, 4) is 0 Å². The minimum absolute atomic E-state index is 0.0144. The van der Waals surface area contributed by atoms with Gasteiger partial charge in [-0.2, -0.15) is 0 Å². The molecule has 0 radical (unpaired) electrons. The zero-order valence-electron chi connectivity index (χ0n) is 16.6. The SMILES string of the molecule is O=C1[C@H](c2ccc(F)c(F)c2)N2C(=O)CCN(C(=O)O)[C@H]2CN1CCc1ccccc1. The first-order valence-electron chi connectivity index (χ1n) is 9.95. The number of rotatable bonds is 4. The predicted octanol–water partition coefficient (Wildman–Crippen LogP) is 2.63. The van der Waals surface area contributed by atoms with Crippen molar-refractivity contribution in [3.05, 3.63) is 71.3 Å². The highest BCUT2D eigenvalue weighted by molar-refractivity contribution is 5.91. The van der Waals surface area contributed by atoms with Gasteiger partial charge >= 0.3 is 6.09 Å². The molecule has 2 heterocycles. The van der Waals surface area contributed by atoms with Crippen molar-refractivity contribution in [3.63, 3.8) is 0 Å². The molecule has 0 saturated carbocycles. The number of carboxylic acid groups (broad SMARTS) is 1. The van der Waals surface area contributed by atoms with Crippen molar-refractivity contribution in [2.75, 3.05) is 19.6 Å². The molecule has 2 saturated heterocycles. The number of benzene rings is 2. The lowest BCUT2D eigenvalue weighted by Gasteiger charge is -2.51. The van der Waals surface area contributed by atoms with Crippen LogP contribution in [0.25, 0.3) is 0 Å². The molecule has 2 aromatic carbocycles. The molecular weight excluding hydrogens is 408 g/mol. The Labute approximate surface area is 177 Å². The molecular formula is C22H21F2N3O4. The van der Waals surface area contributed by atoms with E-state index in [1.165, 1.54) is 15.9 Å². The highest BCUT2D eigenvalue weighted by Gasteiger charge is 2.49. The molecule has 162 valence electrons. The smallest absolute Gasteiger partial charge is 0.409 e. The maximum Gasteiger partial charge on any atom is 0.409 e. The Morgan fingerprint density at radius 1 is 1.06 bits per heavy atom. The topological polar surface area (TPSA) is 81.2 Å². The molecule has 0 spiro atoms. The van der Waals surface area contributed by atoms with Gasteiger partial charge in [0.15, 0.2) is 11.6 Å². The maximum atomic E-state index is 13.9. The molecule has 2 aliphatic rings. The second-order valence-electron chi connectivity index (χ2n) is 7.60. The normalized spacial score (nSPS) is 21.3. The van der Waals surface area contributed by atoms with E-state index >= 15 is 0 Å². The zero-order chi connectivity index (χ0) is 22.1. The summed E-state index contributed by atoms with van der Waals surface area (Å²) < 4.78 is 27.4. The molecule has 31 heavy (non-hydrogen) atoms. The second-order valence-corrected chi connectivity index (χ2v) is 7.60. The number of fused-ring (bicyclic) bond motifs is 1. The average molecular weight is 429 g/mol. The van der Waals surface area contributed by atoms with Crippen molar-refractivity contribution < 1.29 is 28.3 Å². The number of piperazine rings is 1. The summed E-state index contributed by atoms with van der Waals surface area (Å²) >= 11 is 0. The van der Waals surface area contributed by atoms with Crippen LogP contribution in [-0.2, 0) is 16.0 Å². The van der Waals surface area contributed by atoms with Crippen LogP contribution in [0.5, 0.6) is 0 Å². The minimum Gasteiger partial charge on any atom is -0.465 e. The summed E-state index contributed by atoms with van der Waals surface area (Å²) in [7, 11) is 0. The Kier molecular flexibility index (Phi) is 5.58. The molecule has 7 nitrogen and oxygen atoms in total. The van der Waals surface area contributed by atoms with E-state index in [1.54, 1.807) is 0 Å². The molecule has 2 atom stereocenters. The van der Waals surface area contributed by atoms with Crippen molar-refractivity contribution in [1.82, 2.24) is 14.7 Å². The number of hydrogen-bond acceptors (Lipinski definition) is 3. The van der Waals surface area contributed by atoms with Crippen LogP contribution in [0, 0.1) is 11.6 Å². The largest absolute Gasteiger partial charge is 0.465 e. The Balaban J connectivity index is 1.70. The van der Waals surface area contributed by atoms with Gasteiger partial charge in [-0.05, 0) is 29.7 Å². The first-order valence-corrected chi connectivity index (χ1v) is 9.95. The van der Waals surface area contributed by atoms with Gasteiger partial charge in [0.25, 0.3) is 0 Å². The number of hydrogen-bond donors (Lipinski definition) is 1. The van der Waals surface area contributed by atoms with Crippen LogP contribution in [0.2, 0.25) is 0 Å². The van der Waals surface area contributed by atoms with Gasteiger partial charge in [-0.15, -0.1) is 0 Å². The van der Waals surface area contributed by atoms with Crippen molar-refractivity contribution in [1.29, 1.82) is 0 Å². The summed E-state index contributed by atoms with van der Waals surface area (Å²) in [5.41, 5.74) is 1.11. The number of nitrogens with zero attached hydrogens (tertiary/aromatic N) is 3. The number of carbonyl (C=O) groups is 3. The Bertz CT molecular complexity index is 1020. The van der Waals surface area contributed by atoms with Crippen molar-refractivity contribution >= 4 is 17.9 Å². The van der Waals surface area contributed by atoms with Crippen LogP contribution in [0.1, 0.15) is 23.6 Å². The molecule has 2 aromatic rings. The number of carbonyl (C=O) groups excluding carboxylic acids is 2. The first kappa shape index (κ1) is 20.8. The van der Waals surface area contributed by atoms with E-state index < -0.39 is 41.7 Å². The molecule has 9 heteroatoms. The maximum absolute atomic E-state index is 13.9. The lowest BCUT2D eigenvalue weighted by Crippen LogP contribution is -2.68. The van der Waals surface area contributed by atoms with Crippen LogP contribution in [0.15, 0.2) is 48.5 Å². The summed E-state index contributed by atoms with van der Waals surface area (Å²) in [5, 5.41) is 9.64. The van der Waals surface area contributed by atoms with E-state index in [-0.39, 0.29) is 25.1 Å². The van der Waals surface area contributed by atoms with Crippen LogP contribution >= 0.6 is 0 Å². The second kappa shape index (κ2) is 8.33. The van der Waals surface area contributed by atoms with Crippen molar-refractivity contribution in [2.24, 2.45) is 0 Å². The fraction of sp³-hybridized carbons (Fsp3) is 0.318. The lowest BCUT2D eigenvalue weighted by atomic mass is 9.96. The highest BCUT2D eigenvalue weighted by Crippen LogP contribution is 2.35. The first-order chi connectivity index (χ1) is 14.9. The van der Waals surface area contributed by atoms with Gasteiger partial charge in [0.1, 0.15) is 12.2 Å². The molecule has 1 N–H and O–H groups in total. The third kappa shape index (κ3) is 3.95. The van der Waals surface area contributed by atoms with Gasteiger partial charge in [-0.25, -0.2) is 13.6 Å². The standard InChI is InChI=1S/C22H21F2N3O4/c23-16-7-6-15(12-17(16)24)20-21(29)25(10-8-14-4-2-1-3-5-14)13-18-26(22(30)31)11-9-19(28)27(18)20/h1-7,12,18,20H,8-11,13H2,(H,30,31)/t18-,20+/m1/s1. The summed E-state index contributed by atoms with van der Waals surface area (Å²) in [5.74, 6) is -3.04. The van der Waals surface area contributed by atoms with E-state index in [1.807, 2.05) is 30.3 Å². The molecule has 0 aliphatic carbocycles. The van der Waals surface area contributed by atoms with Gasteiger partial charge in [0.2, 0.25) is 11.8 Å². The summed E-state index contributed by atoms with van der Waals surface area (Å²) in [6.45, 7) is 0.333. The van der Waals surface area contributed by atoms with E-state index in [0.29, 0.717) is 13.0 Å². The number of amides is 3. The van der Waals surface area contributed by atoms with Gasteiger partial charge in [-0.3, -0.25) is 14.5 Å². The molecule has 2 fully saturated rings. The fourth-order valence-electron chi connectivity index (χ4n) is 4.21. The van der Waals surface area contributed by atoms with E-state index in [0.717, 1.165) is 22.6 Å². The molecule has 4 rings (SSSR count). The van der Waals surface area contributed by atoms with Crippen LogP contribution in [-0.4, -0.2) is 63.5 Å². The monoisotopic (exact) mass is 429 g/mol. The number of halogens is 2. The minimum atomic E-state index is -1.22. The third-order valence-corrected chi connectivity index (χ3v) is 5.76. The molecule has 3 amide bonds. The lowest BCUT2D eigenvalue weighted by molar-refractivity contribution is -0.168. The van der Waals surface area contributed by atoms with Crippen LogP contribution < -0.4 is 0 Å². The van der Waals surface area contributed by atoms with E-state index in [4.69, 9.17) is 0 Å². The van der Waals surface area contributed by atoms with E-state index in [9.17, 15) is 28.3 Å².